The maximum absolute atomic E-state index is 14.4. The number of phenols is 1. The van der Waals surface area contributed by atoms with Gasteiger partial charge in [-0.3, -0.25) is 4.79 Å². The molecule has 0 saturated heterocycles. The van der Waals surface area contributed by atoms with Gasteiger partial charge in [0.25, 0.3) is 5.91 Å². The zero-order valence-corrected chi connectivity index (χ0v) is 17.7. The summed E-state index contributed by atoms with van der Waals surface area (Å²) in [5, 5.41) is 9.49. The van der Waals surface area contributed by atoms with Gasteiger partial charge in [0, 0.05) is 5.69 Å². The van der Waals surface area contributed by atoms with E-state index in [2.05, 4.69) is 4.98 Å². The zero-order valence-electron chi connectivity index (χ0n) is 16.8. The second kappa shape index (κ2) is 8.84. The molecule has 4 aromatic rings. The van der Waals surface area contributed by atoms with Crippen LogP contribution in [-0.2, 0) is 6.54 Å². The van der Waals surface area contributed by atoms with Crippen molar-refractivity contribution >= 4 is 22.9 Å². The van der Waals surface area contributed by atoms with E-state index >= 15 is 0 Å². The zero-order chi connectivity index (χ0) is 22.8. The molecule has 4 nitrogen and oxygen atoms in total. The summed E-state index contributed by atoms with van der Waals surface area (Å²) in [5.74, 6) is -6.20. The Morgan fingerprint density at radius 1 is 1.00 bits per heavy atom. The van der Waals surface area contributed by atoms with Gasteiger partial charge in [-0.2, -0.15) is 4.39 Å². The fourth-order valence-corrected chi connectivity index (χ4v) is 4.26. The first kappa shape index (κ1) is 21.6. The Morgan fingerprint density at radius 3 is 2.28 bits per heavy atom. The summed E-state index contributed by atoms with van der Waals surface area (Å²) in [6.45, 7) is 1.87. The van der Waals surface area contributed by atoms with Crippen molar-refractivity contribution in [2.45, 2.75) is 13.5 Å². The summed E-state index contributed by atoms with van der Waals surface area (Å²) in [6.07, 6.45) is 0. The fourth-order valence-electron chi connectivity index (χ4n) is 3.23. The van der Waals surface area contributed by atoms with E-state index in [1.165, 1.54) is 0 Å². The first-order valence-corrected chi connectivity index (χ1v) is 10.4. The summed E-state index contributed by atoms with van der Waals surface area (Å²) in [5.41, 5.74) is 1.46. The molecule has 0 fully saturated rings. The van der Waals surface area contributed by atoms with E-state index in [4.69, 9.17) is 0 Å². The maximum Gasteiger partial charge on any atom is 0.270 e. The number of halogens is 3. The van der Waals surface area contributed by atoms with E-state index in [-0.39, 0.29) is 22.3 Å². The predicted molar refractivity (Wildman–Crippen MR) is 117 cm³/mol. The van der Waals surface area contributed by atoms with Crippen LogP contribution >= 0.6 is 11.3 Å². The molecule has 1 heterocycles. The molecule has 1 aromatic heterocycles. The Morgan fingerprint density at radius 2 is 1.62 bits per heavy atom. The topological polar surface area (TPSA) is 53.4 Å². The van der Waals surface area contributed by atoms with Crippen molar-refractivity contribution < 1.29 is 23.1 Å². The van der Waals surface area contributed by atoms with E-state index in [1.807, 2.05) is 48.5 Å². The Hall–Kier alpha value is -3.65. The van der Waals surface area contributed by atoms with Gasteiger partial charge >= 0.3 is 0 Å². The van der Waals surface area contributed by atoms with Gasteiger partial charge in [-0.05, 0) is 30.7 Å². The molecular weight excluding hydrogens is 437 g/mol. The quantitative estimate of drug-likeness (QED) is 0.372. The molecule has 8 heteroatoms. The molecule has 0 atom stereocenters. The summed E-state index contributed by atoms with van der Waals surface area (Å²) < 4.78 is 41.6. The van der Waals surface area contributed by atoms with Gasteiger partial charge in [-0.1, -0.05) is 48.5 Å². The highest BCUT2D eigenvalue weighted by molar-refractivity contribution is 7.17. The van der Waals surface area contributed by atoms with E-state index < -0.39 is 28.8 Å². The third-order valence-corrected chi connectivity index (χ3v) is 6.03. The third-order valence-electron chi connectivity index (χ3n) is 4.85. The molecule has 1 amide bonds. The molecule has 0 unspecified atom stereocenters. The van der Waals surface area contributed by atoms with Crippen LogP contribution in [0, 0.1) is 24.4 Å². The molecule has 0 aliphatic rings. The van der Waals surface area contributed by atoms with Gasteiger partial charge in [0.1, 0.15) is 9.88 Å². The van der Waals surface area contributed by atoms with Gasteiger partial charge in [0.2, 0.25) is 5.82 Å². The molecule has 0 aliphatic carbocycles. The van der Waals surface area contributed by atoms with Crippen molar-refractivity contribution in [3.8, 4) is 16.3 Å². The molecule has 0 aliphatic heterocycles. The minimum atomic E-state index is -1.67. The first-order valence-electron chi connectivity index (χ1n) is 9.62. The van der Waals surface area contributed by atoms with Crippen molar-refractivity contribution in [2.75, 3.05) is 4.90 Å². The molecule has 162 valence electrons. The second-order valence-corrected chi connectivity index (χ2v) is 8.03. The lowest BCUT2D eigenvalue weighted by atomic mass is 10.2. The molecule has 0 saturated carbocycles. The standard InChI is InChI=1S/C24H17F3N2O2S/c1-14-22(32-23(28-14)17-12-18(25)20(27)21(30)19(17)26)24(31)29(16-10-6-3-7-11-16)13-15-8-4-2-5-9-15/h2-12,30H,13H2,1H3. The predicted octanol–water partition coefficient (Wildman–Crippen LogP) is 6.09. The van der Waals surface area contributed by atoms with Crippen LogP contribution in [0.5, 0.6) is 5.75 Å². The van der Waals surface area contributed by atoms with E-state index in [1.54, 1.807) is 24.0 Å². The SMILES string of the molecule is Cc1nc(-c2cc(F)c(F)c(O)c2F)sc1C(=O)N(Cc1ccccc1)c1ccccc1. The molecule has 4 rings (SSSR count). The van der Waals surface area contributed by atoms with Crippen LogP contribution in [0.2, 0.25) is 0 Å². The number of anilines is 1. The van der Waals surface area contributed by atoms with Crippen molar-refractivity contribution in [1.29, 1.82) is 0 Å². The Kier molecular flexibility index (Phi) is 5.96. The monoisotopic (exact) mass is 454 g/mol. The average Bonchev–Trinajstić information content (AvgIpc) is 3.20. The van der Waals surface area contributed by atoms with Gasteiger partial charge in [0.05, 0.1) is 17.8 Å². The summed E-state index contributed by atoms with van der Waals surface area (Å²) in [4.78, 5) is 19.5. The van der Waals surface area contributed by atoms with Gasteiger partial charge in [-0.15, -0.1) is 11.3 Å². The van der Waals surface area contributed by atoms with Crippen molar-refractivity contribution in [3.63, 3.8) is 0 Å². The fraction of sp³-hybridized carbons (Fsp3) is 0.0833. The third kappa shape index (κ3) is 4.09. The molecule has 3 aromatic carbocycles. The van der Waals surface area contributed by atoms with Crippen LogP contribution in [-0.4, -0.2) is 16.0 Å². The molecule has 0 bridgehead atoms. The molecule has 0 radical (unpaired) electrons. The Labute approximate surface area is 186 Å². The van der Waals surface area contributed by atoms with Crippen LogP contribution in [0.1, 0.15) is 20.9 Å². The van der Waals surface area contributed by atoms with Crippen LogP contribution in [0.4, 0.5) is 18.9 Å². The minimum Gasteiger partial charge on any atom is -0.503 e. The number of carbonyl (C=O) groups is 1. The van der Waals surface area contributed by atoms with Gasteiger partial charge in [0.15, 0.2) is 17.4 Å². The van der Waals surface area contributed by atoms with E-state index in [0.717, 1.165) is 16.9 Å². The number of thiazole rings is 1. The average molecular weight is 454 g/mol. The van der Waals surface area contributed by atoms with Crippen molar-refractivity contribution in [2.24, 2.45) is 0 Å². The lowest BCUT2D eigenvalue weighted by Gasteiger charge is -2.22. The molecule has 0 spiro atoms. The maximum atomic E-state index is 14.4. The number of amides is 1. The van der Waals surface area contributed by atoms with Crippen molar-refractivity contribution in [1.82, 2.24) is 4.98 Å². The van der Waals surface area contributed by atoms with E-state index in [9.17, 15) is 23.1 Å². The smallest absolute Gasteiger partial charge is 0.270 e. The van der Waals surface area contributed by atoms with Crippen molar-refractivity contribution in [3.05, 3.63) is 100 Å². The number of hydrogen-bond acceptors (Lipinski definition) is 4. The molecule has 1 N–H and O–H groups in total. The normalized spacial score (nSPS) is 10.9. The van der Waals surface area contributed by atoms with Crippen LogP contribution in [0.15, 0.2) is 66.7 Å². The number of carbonyl (C=O) groups excluding carboxylic acids is 1. The number of benzene rings is 3. The number of rotatable bonds is 5. The number of phenolic OH excluding ortho intramolecular Hbond substituents is 1. The van der Waals surface area contributed by atoms with Crippen LogP contribution in [0.3, 0.4) is 0 Å². The largest absolute Gasteiger partial charge is 0.503 e. The Balaban J connectivity index is 1.75. The number of aromatic hydroxyl groups is 1. The summed E-state index contributed by atoms with van der Waals surface area (Å²) >= 11 is 0.849. The lowest BCUT2D eigenvalue weighted by molar-refractivity contribution is 0.0988. The number of hydrogen-bond donors (Lipinski definition) is 1. The lowest BCUT2D eigenvalue weighted by Crippen LogP contribution is -2.30. The molecular formula is C24H17F3N2O2S. The number of aromatic nitrogens is 1. The highest BCUT2D eigenvalue weighted by Crippen LogP contribution is 2.36. The number of nitrogens with zero attached hydrogens (tertiary/aromatic N) is 2. The van der Waals surface area contributed by atoms with Gasteiger partial charge in [-0.25, -0.2) is 13.8 Å². The van der Waals surface area contributed by atoms with Crippen LogP contribution in [0.25, 0.3) is 10.6 Å². The van der Waals surface area contributed by atoms with E-state index in [0.29, 0.717) is 17.4 Å². The Bertz CT molecular complexity index is 1280. The summed E-state index contributed by atoms with van der Waals surface area (Å²) in [7, 11) is 0. The van der Waals surface area contributed by atoms with Crippen LogP contribution < -0.4 is 4.90 Å². The highest BCUT2D eigenvalue weighted by atomic mass is 32.1. The minimum absolute atomic E-state index is 0.0368. The summed E-state index contributed by atoms with van der Waals surface area (Å²) in [6, 6.07) is 19.1. The number of aryl methyl sites for hydroxylation is 1. The van der Waals surface area contributed by atoms with Gasteiger partial charge < -0.3 is 10.0 Å². The highest BCUT2D eigenvalue weighted by Gasteiger charge is 2.26. The number of para-hydroxylation sites is 1. The molecule has 32 heavy (non-hydrogen) atoms. The second-order valence-electron chi connectivity index (χ2n) is 7.03. The first-order chi connectivity index (χ1) is 15.4.